The van der Waals surface area contributed by atoms with Gasteiger partial charge in [-0.15, -0.1) is 12.4 Å². The molecule has 1 aromatic heterocycles. The number of rotatable bonds is 4. The monoisotopic (exact) mass is 326 g/mol. The van der Waals surface area contributed by atoms with Crippen molar-refractivity contribution in [3.8, 4) is 0 Å². The molecular weight excluding hydrogens is 300 g/mol. The van der Waals surface area contributed by atoms with E-state index < -0.39 is 0 Å². The van der Waals surface area contributed by atoms with Crippen LogP contribution in [0.5, 0.6) is 0 Å². The molecule has 124 valence electrons. The lowest BCUT2D eigenvalue weighted by molar-refractivity contribution is 0.164. The van der Waals surface area contributed by atoms with Crippen molar-refractivity contribution in [1.82, 2.24) is 20.4 Å². The molecule has 2 aliphatic heterocycles. The van der Waals surface area contributed by atoms with Gasteiger partial charge in [-0.2, -0.15) is 4.98 Å². The summed E-state index contributed by atoms with van der Waals surface area (Å²) in [6.45, 7) is 6.08. The van der Waals surface area contributed by atoms with E-state index in [1.54, 1.807) is 0 Å². The first-order valence-electron chi connectivity index (χ1n) is 8.65. The first kappa shape index (κ1) is 16.2. The van der Waals surface area contributed by atoms with Crippen molar-refractivity contribution in [2.45, 2.75) is 50.4 Å². The molecule has 1 aromatic rings. The highest BCUT2D eigenvalue weighted by Gasteiger charge is 2.32. The standard InChI is InChI=1S/C16H26N4O.ClH/c1-2-14(1)16-18-15(19-21-16)13-5-9-20(10-6-13)11-12-3-7-17-8-4-12;/h12-14,17H,1-11H2;1H. The molecule has 0 spiro atoms. The third-order valence-electron chi connectivity index (χ3n) is 5.31. The summed E-state index contributed by atoms with van der Waals surface area (Å²) in [5.41, 5.74) is 0. The minimum Gasteiger partial charge on any atom is -0.339 e. The Morgan fingerprint density at radius 2 is 1.73 bits per heavy atom. The molecule has 5 nitrogen and oxygen atoms in total. The van der Waals surface area contributed by atoms with Gasteiger partial charge in [-0.25, -0.2) is 0 Å². The number of halogens is 1. The Morgan fingerprint density at radius 3 is 2.41 bits per heavy atom. The molecule has 0 bridgehead atoms. The van der Waals surface area contributed by atoms with Gasteiger partial charge < -0.3 is 14.7 Å². The van der Waals surface area contributed by atoms with Crippen LogP contribution in [0.15, 0.2) is 4.52 Å². The van der Waals surface area contributed by atoms with Crippen LogP contribution in [0.2, 0.25) is 0 Å². The highest BCUT2D eigenvalue weighted by atomic mass is 35.5. The quantitative estimate of drug-likeness (QED) is 0.921. The summed E-state index contributed by atoms with van der Waals surface area (Å²) in [7, 11) is 0. The normalized spacial score (nSPS) is 25.1. The average molecular weight is 327 g/mol. The maximum absolute atomic E-state index is 5.41. The molecule has 3 fully saturated rings. The minimum atomic E-state index is 0. The summed E-state index contributed by atoms with van der Waals surface area (Å²) in [4.78, 5) is 7.28. The molecule has 3 heterocycles. The molecule has 0 amide bonds. The van der Waals surface area contributed by atoms with Gasteiger partial charge in [0.05, 0.1) is 0 Å². The van der Waals surface area contributed by atoms with E-state index in [9.17, 15) is 0 Å². The Hall–Kier alpha value is -0.650. The lowest BCUT2D eigenvalue weighted by Gasteiger charge is -2.34. The average Bonchev–Trinajstić information content (AvgIpc) is 3.27. The number of hydrogen-bond donors (Lipinski definition) is 1. The van der Waals surface area contributed by atoms with Gasteiger partial charge in [0.25, 0.3) is 0 Å². The van der Waals surface area contributed by atoms with Crippen LogP contribution in [0.4, 0.5) is 0 Å². The van der Waals surface area contributed by atoms with E-state index in [1.165, 1.54) is 71.2 Å². The molecule has 4 rings (SSSR count). The molecule has 1 saturated carbocycles. The van der Waals surface area contributed by atoms with E-state index >= 15 is 0 Å². The number of hydrogen-bond acceptors (Lipinski definition) is 5. The zero-order valence-electron chi connectivity index (χ0n) is 13.2. The predicted octanol–water partition coefficient (Wildman–Crippen LogP) is 2.55. The van der Waals surface area contributed by atoms with Crippen molar-refractivity contribution >= 4 is 12.4 Å². The van der Waals surface area contributed by atoms with Gasteiger partial charge in [0.1, 0.15) is 0 Å². The number of aromatic nitrogens is 2. The Morgan fingerprint density at radius 1 is 1.00 bits per heavy atom. The van der Waals surface area contributed by atoms with Crippen LogP contribution in [0.3, 0.4) is 0 Å². The fourth-order valence-corrected chi connectivity index (χ4v) is 3.71. The van der Waals surface area contributed by atoms with Gasteiger partial charge in [-0.1, -0.05) is 5.16 Å². The number of piperidine rings is 2. The van der Waals surface area contributed by atoms with Crippen molar-refractivity contribution in [3.63, 3.8) is 0 Å². The topological polar surface area (TPSA) is 54.2 Å². The second-order valence-electron chi connectivity index (χ2n) is 7.03. The Balaban J connectivity index is 0.00000144. The molecule has 1 aliphatic carbocycles. The van der Waals surface area contributed by atoms with Crippen molar-refractivity contribution in [3.05, 3.63) is 11.7 Å². The summed E-state index contributed by atoms with van der Waals surface area (Å²) in [5, 5.41) is 7.68. The van der Waals surface area contributed by atoms with Crippen molar-refractivity contribution in [1.29, 1.82) is 0 Å². The van der Waals surface area contributed by atoms with E-state index in [2.05, 4.69) is 20.4 Å². The molecule has 0 unspecified atom stereocenters. The SMILES string of the molecule is C1CC(CN2CCC(c3noc(C4CC4)n3)CC2)CCN1.Cl. The van der Waals surface area contributed by atoms with Gasteiger partial charge in [-0.3, -0.25) is 0 Å². The zero-order chi connectivity index (χ0) is 14.1. The second-order valence-corrected chi connectivity index (χ2v) is 7.03. The Kier molecular flexibility index (Phi) is 5.37. The van der Waals surface area contributed by atoms with Crippen LogP contribution in [-0.2, 0) is 0 Å². The van der Waals surface area contributed by atoms with E-state index in [4.69, 9.17) is 4.52 Å². The summed E-state index contributed by atoms with van der Waals surface area (Å²) >= 11 is 0. The first-order valence-corrected chi connectivity index (χ1v) is 8.65. The lowest BCUT2D eigenvalue weighted by Crippen LogP contribution is -2.40. The highest BCUT2D eigenvalue weighted by molar-refractivity contribution is 5.85. The van der Waals surface area contributed by atoms with Crippen molar-refractivity contribution in [2.24, 2.45) is 5.92 Å². The molecule has 2 saturated heterocycles. The van der Waals surface area contributed by atoms with E-state index in [0.717, 1.165) is 17.6 Å². The zero-order valence-corrected chi connectivity index (χ0v) is 14.0. The van der Waals surface area contributed by atoms with Crippen LogP contribution < -0.4 is 5.32 Å². The summed E-state index contributed by atoms with van der Waals surface area (Å²) in [5.74, 6) is 3.85. The van der Waals surface area contributed by atoms with Crippen LogP contribution in [-0.4, -0.2) is 47.8 Å². The van der Waals surface area contributed by atoms with Crippen LogP contribution in [0, 0.1) is 5.92 Å². The van der Waals surface area contributed by atoms with Gasteiger partial charge >= 0.3 is 0 Å². The maximum Gasteiger partial charge on any atom is 0.229 e. The Bertz CT molecular complexity index is 462. The third kappa shape index (κ3) is 3.81. The largest absolute Gasteiger partial charge is 0.339 e. The fourth-order valence-electron chi connectivity index (χ4n) is 3.71. The summed E-state index contributed by atoms with van der Waals surface area (Å²) < 4.78 is 5.41. The maximum atomic E-state index is 5.41. The Labute approximate surface area is 138 Å². The van der Waals surface area contributed by atoms with Crippen molar-refractivity contribution in [2.75, 3.05) is 32.7 Å². The van der Waals surface area contributed by atoms with Gasteiger partial charge in [0, 0.05) is 18.4 Å². The van der Waals surface area contributed by atoms with Crippen LogP contribution >= 0.6 is 12.4 Å². The molecule has 0 atom stereocenters. The lowest BCUT2D eigenvalue weighted by atomic mass is 9.93. The van der Waals surface area contributed by atoms with E-state index in [1.807, 2.05) is 0 Å². The number of nitrogens with one attached hydrogen (secondary N) is 1. The molecule has 3 aliphatic rings. The minimum absolute atomic E-state index is 0. The fraction of sp³-hybridized carbons (Fsp3) is 0.875. The smallest absolute Gasteiger partial charge is 0.229 e. The molecule has 22 heavy (non-hydrogen) atoms. The predicted molar refractivity (Wildman–Crippen MR) is 87.5 cm³/mol. The molecule has 0 radical (unpaired) electrons. The molecule has 1 N–H and O–H groups in total. The van der Waals surface area contributed by atoms with E-state index in [0.29, 0.717) is 11.8 Å². The van der Waals surface area contributed by atoms with Crippen LogP contribution in [0.25, 0.3) is 0 Å². The van der Waals surface area contributed by atoms with Gasteiger partial charge in [0.15, 0.2) is 5.82 Å². The second kappa shape index (κ2) is 7.28. The third-order valence-corrected chi connectivity index (χ3v) is 5.31. The molecule has 0 aromatic carbocycles. The summed E-state index contributed by atoms with van der Waals surface area (Å²) in [6, 6.07) is 0. The highest BCUT2D eigenvalue weighted by Crippen LogP contribution is 2.39. The summed E-state index contributed by atoms with van der Waals surface area (Å²) in [6.07, 6.45) is 7.53. The number of nitrogens with zero attached hydrogens (tertiary/aromatic N) is 3. The van der Waals surface area contributed by atoms with E-state index in [-0.39, 0.29) is 12.4 Å². The number of likely N-dealkylation sites (tertiary alicyclic amines) is 1. The van der Waals surface area contributed by atoms with Gasteiger partial charge in [0.2, 0.25) is 5.89 Å². The van der Waals surface area contributed by atoms with Crippen LogP contribution in [0.1, 0.15) is 62.1 Å². The van der Waals surface area contributed by atoms with Gasteiger partial charge in [-0.05, 0) is 70.6 Å². The van der Waals surface area contributed by atoms with Crippen molar-refractivity contribution < 1.29 is 4.52 Å². The molecular formula is C16H27ClN4O. The molecule has 6 heteroatoms. The first-order chi connectivity index (χ1) is 10.4.